The lowest BCUT2D eigenvalue weighted by atomic mass is 10.2. The second-order valence-corrected chi connectivity index (χ2v) is 3.73. The Morgan fingerprint density at radius 3 is 2.47 bits per heavy atom. The molecule has 0 bridgehead atoms. The number of methoxy groups -OCH3 is 1. The summed E-state index contributed by atoms with van der Waals surface area (Å²) in [5.41, 5.74) is 2.21. The second kappa shape index (κ2) is 6.06. The molecule has 2 heteroatoms. The summed E-state index contributed by atoms with van der Waals surface area (Å²) in [6, 6.07) is 18.9. The Balaban J connectivity index is 1.82. The van der Waals surface area contributed by atoms with Crippen LogP contribution in [0.25, 0.3) is 0 Å². The zero-order chi connectivity index (χ0) is 11.9. The van der Waals surface area contributed by atoms with Gasteiger partial charge in [-0.1, -0.05) is 36.4 Å². The van der Waals surface area contributed by atoms with E-state index < -0.39 is 0 Å². The molecule has 0 amide bonds. The first-order valence-corrected chi connectivity index (χ1v) is 5.55. The van der Waals surface area contributed by atoms with E-state index in [2.05, 4.69) is 6.07 Å². The maximum Gasteiger partial charge on any atom is 0.118 e. The molecular formula is C15H15O2. The Bertz CT molecular complexity index is 434. The minimum Gasteiger partial charge on any atom is -0.497 e. The fraction of sp³-hybridized carbons (Fsp3) is 0.200. The topological polar surface area (TPSA) is 18.5 Å². The predicted molar refractivity (Wildman–Crippen MR) is 66.8 cm³/mol. The van der Waals surface area contributed by atoms with Crippen molar-refractivity contribution in [3.63, 3.8) is 0 Å². The van der Waals surface area contributed by atoms with Gasteiger partial charge in [-0.25, -0.2) is 0 Å². The van der Waals surface area contributed by atoms with Crippen molar-refractivity contribution in [3.8, 4) is 5.75 Å². The van der Waals surface area contributed by atoms with E-state index in [0.717, 1.165) is 16.9 Å². The molecule has 0 saturated heterocycles. The van der Waals surface area contributed by atoms with Crippen LogP contribution >= 0.6 is 0 Å². The van der Waals surface area contributed by atoms with E-state index in [1.165, 1.54) is 0 Å². The van der Waals surface area contributed by atoms with Crippen LogP contribution in [0.1, 0.15) is 11.1 Å². The van der Waals surface area contributed by atoms with Crippen LogP contribution in [0, 0.1) is 6.07 Å². The summed E-state index contributed by atoms with van der Waals surface area (Å²) < 4.78 is 10.7. The lowest BCUT2D eigenvalue weighted by Crippen LogP contribution is -1.94. The highest BCUT2D eigenvalue weighted by atomic mass is 16.5. The average Bonchev–Trinajstić information content (AvgIpc) is 2.41. The number of hydrogen-bond donors (Lipinski definition) is 0. The van der Waals surface area contributed by atoms with Crippen LogP contribution in [-0.4, -0.2) is 7.11 Å². The van der Waals surface area contributed by atoms with Crippen LogP contribution in [0.2, 0.25) is 0 Å². The van der Waals surface area contributed by atoms with Crippen molar-refractivity contribution in [3.05, 3.63) is 65.7 Å². The number of hydrogen-bond acceptors (Lipinski definition) is 2. The molecule has 0 atom stereocenters. The van der Waals surface area contributed by atoms with Crippen molar-refractivity contribution < 1.29 is 9.47 Å². The molecule has 2 rings (SSSR count). The van der Waals surface area contributed by atoms with Gasteiger partial charge in [0.1, 0.15) is 5.75 Å². The largest absolute Gasteiger partial charge is 0.497 e. The highest BCUT2D eigenvalue weighted by Crippen LogP contribution is 2.12. The third-order valence-electron chi connectivity index (χ3n) is 2.46. The molecule has 0 aliphatic heterocycles. The lowest BCUT2D eigenvalue weighted by molar-refractivity contribution is 0.107. The molecule has 0 saturated carbocycles. The molecule has 0 N–H and O–H groups in total. The molecule has 0 aliphatic rings. The zero-order valence-electron chi connectivity index (χ0n) is 9.85. The van der Waals surface area contributed by atoms with E-state index in [9.17, 15) is 0 Å². The first-order chi connectivity index (χ1) is 8.38. The Hall–Kier alpha value is -1.80. The highest BCUT2D eigenvalue weighted by Gasteiger charge is 1.96. The predicted octanol–water partition coefficient (Wildman–Crippen LogP) is 3.21. The van der Waals surface area contributed by atoms with Gasteiger partial charge in [-0.2, -0.15) is 0 Å². The van der Waals surface area contributed by atoms with E-state index in [4.69, 9.17) is 9.47 Å². The third-order valence-corrected chi connectivity index (χ3v) is 2.46. The minimum absolute atomic E-state index is 0.590. The van der Waals surface area contributed by atoms with Crippen LogP contribution < -0.4 is 4.74 Å². The van der Waals surface area contributed by atoms with Gasteiger partial charge < -0.3 is 9.47 Å². The van der Waals surface area contributed by atoms with Crippen LogP contribution in [0.4, 0.5) is 0 Å². The van der Waals surface area contributed by atoms with Gasteiger partial charge in [-0.05, 0) is 29.3 Å². The fourth-order valence-electron chi connectivity index (χ4n) is 1.52. The number of benzene rings is 2. The Morgan fingerprint density at radius 1 is 1.00 bits per heavy atom. The van der Waals surface area contributed by atoms with E-state index in [1.54, 1.807) is 7.11 Å². The standard InChI is InChI=1S/C15H15O2/c1-16-15-9-7-14(8-10-15)12-17-11-13-5-3-2-4-6-13/h2-5,7-10H,11-12H2,1H3. The molecular weight excluding hydrogens is 212 g/mol. The summed E-state index contributed by atoms with van der Waals surface area (Å²) in [5.74, 6) is 0.866. The van der Waals surface area contributed by atoms with E-state index in [0.29, 0.717) is 13.2 Å². The van der Waals surface area contributed by atoms with Crippen LogP contribution in [0.3, 0.4) is 0 Å². The normalized spacial score (nSPS) is 10.2. The molecule has 2 aromatic rings. The van der Waals surface area contributed by atoms with Gasteiger partial charge in [0, 0.05) is 0 Å². The lowest BCUT2D eigenvalue weighted by Gasteiger charge is -2.05. The zero-order valence-corrected chi connectivity index (χ0v) is 9.85. The second-order valence-electron chi connectivity index (χ2n) is 3.73. The van der Waals surface area contributed by atoms with Gasteiger partial charge >= 0.3 is 0 Å². The Kier molecular flexibility index (Phi) is 4.17. The number of ether oxygens (including phenoxy) is 2. The minimum atomic E-state index is 0.590. The van der Waals surface area contributed by atoms with Crippen LogP contribution in [0.5, 0.6) is 5.75 Å². The average molecular weight is 227 g/mol. The molecule has 1 radical (unpaired) electrons. The molecule has 0 unspecified atom stereocenters. The summed E-state index contributed by atoms with van der Waals surface area (Å²) in [7, 11) is 1.66. The molecule has 0 aromatic heterocycles. The van der Waals surface area contributed by atoms with E-state index in [-0.39, 0.29) is 0 Å². The molecule has 0 aliphatic carbocycles. The maximum absolute atomic E-state index is 5.61. The first-order valence-electron chi connectivity index (χ1n) is 5.55. The molecule has 2 aromatic carbocycles. The quantitative estimate of drug-likeness (QED) is 0.780. The highest BCUT2D eigenvalue weighted by molar-refractivity contribution is 5.26. The Morgan fingerprint density at radius 2 is 1.82 bits per heavy atom. The van der Waals surface area contributed by atoms with Crippen molar-refractivity contribution in [2.24, 2.45) is 0 Å². The van der Waals surface area contributed by atoms with Gasteiger partial charge in [-0.15, -0.1) is 0 Å². The summed E-state index contributed by atoms with van der Waals surface area (Å²) in [5, 5.41) is 0. The van der Waals surface area contributed by atoms with Crippen LogP contribution in [-0.2, 0) is 18.0 Å². The summed E-state index contributed by atoms with van der Waals surface area (Å²) in [4.78, 5) is 0. The molecule has 87 valence electrons. The van der Waals surface area contributed by atoms with E-state index in [1.807, 2.05) is 48.5 Å². The van der Waals surface area contributed by atoms with Crippen LogP contribution in [0.15, 0.2) is 48.5 Å². The van der Waals surface area contributed by atoms with E-state index >= 15 is 0 Å². The summed E-state index contributed by atoms with van der Waals surface area (Å²) in [6.45, 7) is 1.19. The fourth-order valence-corrected chi connectivity index (χ4v) is 1.52. The van der Waals surface area contributed by atoms with Gasteiger partial charge in [-0.3, -0.25) is 0 Å². The number of rotatable bonds is 5. The SMILES string of the molecule is COc1ccc(COCc2[c]cccc2)cc1. The van der Waals surface area contributed by atoms with Gasteiger partial charge in [0.25, 0.3) is 0 Å². The molecule has 2 nitrogen and oxygen atoms in total. The monoisotopic (exact) mass is 227 g/mol. The molecule has 0 fully saturated rings. The smallest absolute Gasteiger partial charge is 0.118 e. The first kappa shape index (κ1) is 11.7. The summed E-state index contributed by atoms with van der Waals surface area (Å²) in [6.07, 6.45) is 0. The van der Waals surface area contributed by atoms with Gasteiger partial charge in [0.05, 0.1) is 20.3 Å². The maximum atomic E-state index is 5.61. The van der Waals surface area contributed by atoms with Gasteiger partial charge in [0.15, 0.2) is 0 Å². The third kappa shape index (κ3) is 3.61. The van der Waals surface area contributed by atoms with Crippen molar-refractivity contribution in [2.75, 3.05) is 7.11 Å². The Labute approximate surface area is 102 Å². The van der Waals surface area contributed by atoms with Crippen molar-refractivity contribution in [2.45, 2.75) is 13.2 Å². The van der Waals surface area contributed by atoms with Crippen molar-refractivity contribution in [1.82, 2.24) is 0 Å². The van der Waals surface area contributed by atoms with Gasteiger partial charge in [0.2, 0.25) is 0 Å². The molecule has 17 heavy (non-hydrogen) atoms. The summed E-state index contributed by atoms with van der Waals surface area (Å²) >= 11 is 0. The van der Waals surface area contributed by atoms with Crippen molar-refractivity contribution >= 4 is 0 Å². The molecule has 0 spiro atoms. The van der Waals surface area contributed by atoms with Crippen molar-refractivity contribution in [1.29, 1.82) is 0 Å². The molecule has 0 heterocycles.